The zero-order valence-corrected chi connectivity index (χ0v) is 6.66. The van der Waals surface area contributed by atoms with E-state index >= 15 is 0 Å². The number of hydrogen-bond acceptors (Lipinski definition) is 1. The molecule has 0 heterocycles. The van der Waals surface area contributed by atoms with Gasteiger partial charge in [-0.2, -0.15) is 0 Å². The summed E-state index contributed by atoms with van der Waals surface area (Å²) in [4.78, 5) is 0.827. The molecule has 1 aromatic carbocycles. The van der Waals surface area contributed by atoms with Gasteiger partial charge in [0.05, 0.1) is 0 Å². The Kier molecular flexibility index (Phi) is 2.33. The maximum Gasteiger partial charge on any atom is 0.115 e. The van der Waals surface area contributed by atoms with Gasteiger partial charge in [0.15, 0.2) is 0 Å². The first-order chi connectivity index (χ1) is 4.72. The Balaban J connectivity index is 3.06. The van der Waals surface area contributed by atoms with E-state index in [9.17, 15) is 4.39 Å². The molecular formula is C8H9FS. The predicted octanol–water partition coefficient (Wildman–Crippen LogP) is 2.75. The summed E-state index contributed by atoms with van der Waals surface area (Å²) >= 11 is 4.11. The van der Waals surface area contributed by atoms with Gasteiger partial charge in [-0.05, 0) is 30.2 Å². The highest BCUT2D eigenvalue weighted by atomic mass is 32.1. The SMILES string of the molecule is Cc1cc(S)cc(CF)c1. The van der Waals surface area contributed by atoms with Crippen LogP contribution >= 0.6 is 12.6 Å². The minimum absolute atomic E-state index is 0.408. The van der Waals surface area contributed by atoms with Gasteiger partial charge in [-0.1, -0.05) is 6.07 Å². The Morgan fingerprint density at radius 1 is 1.40 bits per heavy atom. The summed E-state index contributed by atoms with van der Waals surface area (Å²) in [5, 5.41) is 0. The molecule has 1 aromatic rings. The molecule has 0 aliphatic heterocycles. The highest BCUT2D eigenvalue weighted by Crippen LogP contribution is 2.13. The monoisotopic (exact) mass is 156 g/mol. The van der Waals surface area contributed by atoms with E-state index in [1.165, 1.54) is 0 Å². The van der Waals surface area contributed by atoms with E-state index in [0.717, 1.165) is 10.5 Å². The fraction of sp³-hybridized carbons (Fsp3) is 0.250. The second-order valence-corrected chi connectivity index (χ2v) is 2.83. The summed E-state index contributed by atoms with van der Waals surface area (Å²) in [6, 6.07) is 5.46. The van der Waals surface area contributed by atoms with Crippen LogP contribution in [0.2, 0.25) is 0 Å². The Labute approximate surface area is 65.5 Å². The van der Waals surface area contributed by atoms with E-state index in [4.69, 9.17) is 0 Å². The maximum atomic E-state index is 12.1. The van der Waals surface area contributed by atoms with Crippen LogP contribution in [0.3, 0.4) is 0 Å². The van der Waals surface area contributed by atoms with Crippen molar-refractivity contribution in [2.75, 3.05) is 0 Å². The average Bonchev–Trinajstić information content (AvgIpc) is 1.85. The zero-order valence-electron chi connectivity index (χ0n) is 5.76. The molecule has 0 fully saturated rings. The van der Waals surface area contributed by atoms with E-state index in [2.05, 4.69) is 12.6 Å². The van der Waals surface area contributed by atoms with Gasteiger partial charge in [0.2, 0.25) is 0 Å². The Hall–Kier alpha value is -0.500. The number of thiol groups is 1. The van der Waals surface area contributed by atoms with Crippen molar-refractivity contribution >= 4 is 12.6 Å². The third-order valence-electron chi connectivity index (χ3n) is 1.28. The molecule has 0 bridgehead atoms. The third-order valence-corrected chi connectivity index (χ3v) is 1.53. The maximum absolute atomic E-state index is 12.1. The lowest BCUT2D eigenvalue weighted by molar-refractivity contribution is 0.484. The van der Waals surface area contributed by atoms with Gasteiger partial charge < -0.3 is 0 Å². The molecule has 0 aliphatic rings. The fourth-order valence-corrected chi connectivity index (χ4v) is 1.29. The number of benzene rings is 1. The van der Waals surface area contributed by atoms with Crippen LogP contribution in [0.4, 0.5) is 4.39 Å². The summed E-state index contributed by atoms with van der Waals surface area (Å²) in [5.41, 5.74) is 1.75. The molecular weight excluding hydrogens is 147 g/mol. The highest BCUT2D eigenvalue weighted by molar-refractivity contribution is 7.80. The molecule has 0 atom stereocenters. The molecule has 10 heavy (non-hydrogen) atoms. The standard InChI is InChI=1S/C8H9FS/c1-6-2-7(5-9)4-8(10)3-6/h2-4,10H,5H2,1H3. The Morgan fingerprint density at radius 2 is 2.10 bits per heavy atom. The fourth-order valence-electron chi connectivity index (χ4n) is 0.918. The first kappa shape index (κ1) is 7.61. The van der Waals surface area contributed by atoms with Crippen LogP contribution in [0, 0.1) is 6.92 Å². The predicted molar refractivity (Wildman–Crippen MR) is 43.2 cm³/mol. The van der Waals surface area contributed by atoms with Crippen molar-refractivity contribution in [3.05, 3.63) is 29.3 Å². The number of aryl methyl sites for hydroxylation is 1. The Bertz CT molecular complexity index is 212. The van der Waals surface area contributed by atoms with Gasteiger partial charge in [-0.25, -0.2) is 4.39 Å². The molecule has 0 nitrogen and oxygen atoms in total. The lowest BCUT2D eigenvalue weighted by atomic mass is 10.2. The third kappa shape index (κ3) is 1.74. The average molecular weight is 156 g/mol. The number of rotatable bonds is 1. The summed E-state index contributed by atoms with van der Waals surface area (Å²) in [6.07, 6.45) is 0. The highest BCUT2D eigenvalue weighted by Gasteiger charge is 1.93. The van der Waals surface area contributed by atoms with E-state index in [1.807, 2.05) is 19.1 Å². The molecule has 0 spiro atoms. The van der Waals surface area contributed by atoms with Crippen molar-refractivity contribution < 1.29 is 4.39 Å². The normalized spacial score (nSPS) is 9.90. The summed E-state index contributed by atoms with van der Waals surface area (Å²) in [5.74, 6) is 0. The van der Waals surface area contributed by atoms with Gasteiger partial charge in [0.25, 0.3) is 0 Å². The van der Waals surface area contributed by atoms with Crippen LogP contribution in [-0.2, 0) is 6.67 Å². The van der Waals surface area contributed by atoms with Crippen LogP contribution in [-0.4, -0.2) is 0 Å². The molecule has 2 heteroatoms. The van der Waals surface area contributed by atoms with E-state index in [1.54, 1.807) is 6.07 Å². The van der Waals surface area contributed by atoms with Crippen LogP contribution in [0.1, 0.15) is 11.1 Å². The van der Waals surface area contributed by atoms with Crippen LogP contribution in [0.5, 0.6) is 0 Å². The van der Waals surface area contributed by atoms with Gasteiger partial charge >= 0.3 is 0 Å². The second-order valence-electron chi connectivity index (χ2n) is 2.31. The van der Waals surface area contributed by atoms with Crippen molar-refractivity contribution in [1.29, 1.82) is 0 Å². The van der Waals surface area contributed by atoms with Gasteiger partial charge in [0, 0.05) is 4.90 Å². The van der Waals surface area contributed by atoms with Crippen molar-refractivity contribution in [3.8, 4) is 0 Å². The van der Waals surface area contributed by atoms with Crippen LogP contribution in [0.15, 0.2) is 23.1 Å². The first-order valence-electron chi connectivity index (χ1n) is 3.08. The minimum Gasteiger partial charge on any atom is -0.246 e. The molecule has 54 valence electrons. The number of hydrogen-bond donors (Lipinski definition) is 1. The molecule has 0 aromatic heterocycles. The van der Waals surface area contributed by atoms with E-state index in [-0.39, 0.29) is 0 Å². The molecule has 0 saturated carbocycles. The lowest BCUT2D eigenvalue weighted by Crippen LogP contribution is -1.80. The second kappa shape index (κ2) is 3.06. The van der Waals surface area contributed by atoms with Crippen molar-refractivity contribution in [3.63, 3.8) is 0 Å². The minimum atomic E-state index is -0.408. The smallest absolute Gasteiger partial charge is 0.115 e. The van der Waals surface area contributed by atoms with Crippen molar-refractivity contribution in [1.82, 2.24) is 0 Å². The molecule has 1 rings (SSSR count). The summed E-state index contributed by atoms with van der Waals surface area (Å²) in [6.45, 7) is 1.52. The number of alkyl halides is 1. The summed E-state index contributed by atoms with van der Waals surface area (Å²) in [7, 11) is 0. The largest absolute Gasteiger partial charge is 0.246 e. The zero-order chi connectivity index (χ0) is 7.56. The van der Waals surface area contributed by atoms with Crippen molar-refractivity contribution in [2.45, 2.75) is 18.5 Å². The number of halogens is 1. The molecule has 0 unspecified atom stereocenters. The molecule has 0 amide bonds. The van der Waals surface area contributed by atoms with E-state index < -0.39 is 6.67 Å². The van der Waals surface area contributed by atoms with E-state index in [0.29, 0.717) is 5.56 Å². The lowest BCUT2D eigenvalue weighted by Gasteiger charge is -1.98. The van der Waals surface area contributed by atoms with Crippen molar-refractivity contribution in [2.24, 2.45) is 0 Å². The molecule has 0 aliphatic carbocycles. The summed E-state index contributed by atoms with van der Waals surface area (Å²) < 4.78 is 12.1. The molecule has 0 saturated heterocycles. The van der Waals surface area contributed by atoms with Gasteiger partial charge in [0.1, 0.15) is 6.67 Å². The van der Waals surface area contributed by atoms with Crippen LogP contribution in [0.25, 0.3) is 0 Å². The first-order valence-corrected chi connectivity index (χ1v) is 3.52. The topological polar surface area (TPSA) is 0 Å². The van der Waals surface area contributed by atoms with Gasteiger partial charge in [-0.3, -0.25) is 0 Å². The molecule has 0 N–H and O–H groups in total. The van der Waals surface area contributed by atoms with Gasteiger partial charge in [-0.15, -0.1) is 12.6 Å². The van der Waals surface area contributed by atoms with Crippen LogP contribution < -0.4 is 0 Å². The Morgan fingerprint density at radius 3 is 2.60 bits per heavy atom. The quantitative estimate of drug-likeness (QED) is 0.594. The molecule has 0 radical (unpaired) electrons.